The van der Waals surface area contributed by atoms with Gasteiger partial charge in [0.1, 0.15) is 6.04 Å². The monoisotopic (exact) mass is 757 g/mol. The fraction of sp³-hybridized carbons (Fsp3) is 0.559. The van der Waals surface area contributed by atoms with Crippen molar-refractivity contribution in [1.29, 1.82) is 0 Å². The average molecular weight is 760 g/mol. The third-order valence-corrected chi connectivity index (χ3v) is 11.6. The Labute approximate surface area is 288 Å². The minimum Gasteiger partial charge on any atom is -0.397 e. The quantitative estimate of drug-likeness (QED) is 0.282. The van der Waals surface area contributed by atoms with Crippen LogP contribution in [0.3, 0.4) is 0 Å². The highest BCUT2D eigenvalue weighted by molar-refractivity contribution is 9.11. The molecule has 6 rings (SSSR count). The Balaban J connectivity index is 1.09. The molecule has 10 nitrogen and oxygen atoms in total. The molecule has 0 aliphatic carbocycles. The van der Waals surface area contributed by atoms with Gasteiger partial charge >= 0.3 is 12.1 Å². The molecule has 0 spiro atoms. The molecule has 3 saturated heterocycles. The maximum Gasteiger partial charge on any atom is 0.322 e. The number of urea groups is 2. The Morgan fingerprint density at radius 2 is 1.63 bits per heavy atom. The summed E-state index contributed by atoms with van der Waals surface area (Å²) >= 11 is 7.06. The molecular weight excluding hydrogens is 714 g/mol. The average Bonchev–Trinajstić information content (AvgIpc) is 3.36. The summed E-state index contributed by atoms with van der Waals surface area (Å²) in [6.07, 6.45) is 8.70. The van der Waals surface area contributed by atoms with Gasteiger partial charge < -0.3 is 36.4 Å². The Bertz CT molecular complexity index is 1390. The lowest BCUT2D eigenvalue weighted by Gasteiger charge is -2.41. The van der Waals surface area contributed by atoms with Crippen LogP contribution in [0.15, 0.2) is 45.3 Å². The number of nitrogens with one attached hydrogen (secondary N) is 3. The van der Waals surface area contributed by atoms with Crippen molar-refractivity contribution >= 4 is 61.2 Å². The second-order valence-electron chi connectivity index (χ2n) is 13.2. The molecule has 46 heavy (non-hydrogen) atoms. The zero-order valence-corrected chi connectivity index (χ0v) is 29.5. The normalized spacial score (nSPS) is 22.1. The van der Waals surface area contributed by atoms with E-state index in [0.29, 0.717) is 69.6 Å². The highest BCUT2D eigenvalue weighted by atomic mass is 79.9. The van der Waals surface area contributed by atoms with Crippen LogP contribution in [0.1, 0.15) is 62.5 Å². The zero-order valence-electron chi connectivity index (χ0n) is 26.3. The van der Waals surface area contributed by atoms with E-state index in [4.69, 9.17) is 5.73 Å². The second kappa shape index (κ2) is 14.9. The van der Waals surface area contributed by atoms with Gasteiger partial charge in [0.15, 0.2) is 0 Å². The number of nitrogens with two attached hydrogens (primary N) is 1. The van der Waals surface area contributed by atoms with Gasteiger partial charge in [-0.05, 0) is 112 Å². The Hall–Kier alpha value is -2.83. The molecule has 2 aromatic carbocycles. The van der Waals surface area contributed by atoms with E-state index < -0.39 is 6.04 Å². The fourth-order valence-electron chi connectivity index (χ4n) is 7.53. The van der Waals surface area contributed by atoms with E-state index in [-0.39, 0.29) is 24.0 Å². The minimum absolute atomic E-state index is 0.0387. The molecular formula is C34H45Br2N7O3. The number of nitrogen functional groups attached to an aromatic ring is 1. The number of rotatable bonds is 6. The van der Waals surface area contributed by atoms with E-state index in [0.717, 1.165) is 45.1 Å². The van der Waals surface area contributed by atoms with Crippen LogP contribution in [0.25, 0.3) is 0 Å². The van der Waals surface area contributed by atoms with Crippen LogP contribution in [0.5, 0.6) is 0 Å². The number of benzene rings is 2. The maximum atomic E-state index is 14.1. The van der Waals surface area contributed by atoms with Crippen LogP contribution >= 0.6 is 31.9 Å². The third kappa shape index (κ3) is 7.65. The summed E-state index contributed by atoms with van der Waals surface area (Å²) in [5, 5.41) is 9.87. The van der Waals surface area contributed by atoms with Crippen molar-refractivity contribution in [2.75, 3.05) is 43.8 Å². The van der Waals surface area contributed by atoms with Crippen molar-refractivity contribution in [3.63, 3.8) is 0 Å². The summed E-state index contributed by atoms with van der Waals surface area (Å²) in [6.45, 7) is 4.09. The van der Waals surface area contributed by atoms with Gasteiger partial charge in [-0.15, -0.1) is 0 Å². The number of carbonyl (C=O) groups excluding carboxylic acids is 3. The second-order valence-corrected chi connectivity index (χ2v) is 14.9. The molecule has 1 unspecified atom stereocenters. The van der Waals surface area contributed by atoms with E-state index >= 15 is 0 Å². The third-order valence-electron chi connectivity index (χ3n) is 10.2. The molecule has 4 aliphatic heterocycles. The molecule has 2 atom stereocenters. The summed E-state index contributed by atoms with van der Waals surface area (Å²) in [5.41, 5.74) is 9.60. The number of carbonyl (C=O) groups is 3. The largest absolute Gasteiger partial charge is 0.397 e. The lowest BCUT2D eigenvalue weighted by molar-refractivity contribution is -0.134. The van der Waals surface area contributed by atoms with Crippen LogP contribution in [0, 0.1) is 5.92 Å². The molecule has 0 bridgehead atoms. The van der Waals surface area contributed by atoms with Crippen LogP contribution in [0.4, 0.5) is 21.0 Å². The van der Waals surface area contributed by atoms with Crippen molar-refractivity contribution < 1.29 is 14.4 Å². The number of anilines is 2. The molecule has 248 valence electrons. The van der Waals surface area contributed by atoms with Crippen molar-refractivity contribution in [2.24, 2.45) is 5.92 Å². The molecule has 0 aromatic heterocycles. The van der Waals surface area contributed by atoms with Gasteiger partial charge in [-0.1, -0.05) is 31.0 Å². The number of nitrogens with zero attached hydrogens (tertiary/aromatic N) is 3. The zero-order chi connectivity index (χ0) is 32.2. The van der Waals surface area contributed by atoms with Gasteiger partial charge in [0.05, 0.1) is 5.69 Å². The Morgan fingerprint density at radius 3 is 2.37 bits per heavy atom. The summed E-state index contributed by atoms with van der Waals surface area (Å²) in [7, 11) is 0. The summed E-state index contributed by atoms with van der Waals surface area (Å²) in [4.78, 5) is 46.2. The van der Waals surface area contributed by atoms with Gasteiger partial charge in [-0.3, -0.25) is 4.79 Å². The minimum atomic E-state index is -0.704. The first-order valence-electron chi connectivity index (χ1n) is 16.7. The van der Waals surface area contributed by atoms with Gasteiger partial charge in [0, 0.05) is 65.9 Å². The van der Waals surface area contributed by atoms with E-state index in [1.54, 1.807) is 4.90 Å². The van der Waals surface area contributed by atoms with Crippen molar-refractivity contribution in [1.82, 2.24) is 25.3 Å². The molecule has 3 fully saturated rings. The predicted octanol–water partition coefficient (Wildman–Crippen LogP) is 5.70. The number of amides is 5. The molecule has 5 amide bonds. The van der Waals surface area contributed by atoms with Gasteiger partial charge in [-0.25, -0.2) is 9.59 Å². The highest BCUT2D eigenvalue weighted by Crippen LogP contribution is 2.31. The van der Waals surface area contributed by atoms with Gasteiger partial charge in [-0.2, -0.15) is 0 Å². The van der Waals surface area contributed by atoms with E-state index in [1.165, 1.54) is 25.7 Å². The Kier molecular flexibility index (Phi) is 10.7. The lowest BCUT2D eigenvalue weighted by atomic mass is 9.86. The maximum absolute atomic E-state index is 14.1. The van der Waals surface area contributed by atoms with Crippen LogP contribution in [0.2, 0.25) is 0 Å². The first-order chi connectivity index (χ1) is 22.3. The topological polar surface area (TPSA) is 123 Å². The van der Waals surface area contributed by atoms with Crippen molar-refractivity contribution in [2.45, 2.75) is 82.5 Å². The van der Waals surface area contributed by atoms with Crippen molar-refractivity contribution in [3.05, 3.63) is 56.5 Å². The molecule has 5 N–H and O–H groups in total. The highest BCUT2D eigenvalue weighted by Gasteiger charge is 2.36. The first-order valence-corrected chi connectivity index (χ1v) is 18.3. The first kappa shape index (κ1) is 33.1. The van der Waals surface area contributed by atoms with E-state index in [9.17, 15) is 14.4 Å². The number of hydrogen-bond donors (Lipinski definition) is 4. The van der Waals surface area contributed by atoms with E-state index in [2.05, 4.69) is 47.8 Å². The van der Waals surface area contributed by atoms with Gasteiger partial charge in [0.2, 0.25) is 5.91 Å². The fourth-order valence-corrected chi connectivity index (χ4v) is 8.81. The number of para-hydroxylation sites is 1. The summed E-state index contributed by atoms with van der Waals surface area (Å²) in [5.74, 6) is 0.541. The van der Waals surface area contributed by atoms with Crippen LogP contribution in [-0.4, -0.2) is 83.5 Å². The standard InChI is InChI=1S/C34H45Br2N7O3/c35-26-18-22(19-27(36)31(26)37)20-30(32(44)41-14-9-23(10-15-41)28-7-2-1-5-13-38-28)40-33(45)42-16-11-25(12-17-42)43-21-24-6-3-4-8-29(24)39-34(43)46/h3-4,6,8,18-19,23,25,28,30,38H,1-2,5,7,9-17,20-21,37H2,(H,39,46)(H,40,45)/t28?,30-/m1/s1. The predicted molar refractivity (Wildman–Crippen MR) is 187 cm³/mol. The number of hydrogen-bond acceptors (Lipinski definition) is 5. The summed E-state index contributed by atoms with van der Waals surface area (Å²) in [6, 6.07) is 11.3. The smallest absolute Gasteiger partial charge is 0.322 e. The van der Waals surface area contributed by atoms with E-state index in [1.807, 2.05) is 46.2 Å². The van der Waals surface area contributed by atoms with Crippen LogP contribution in [-0.2, 0) is 17.8 Å². The van der Waals surface area contributed by atoms with Gasteiger partial charge in [0.25, 0.3) is 0 Å². The Morgan fingerprint density at radius 1 is 0.935 bits per heavy atom. The molecule has 2 aromatic rings. The molecule has 0 radical (unpaired) electrons. The lowest BCUT2D eigenvalue weighted by Crippen LogP contribution is -2.57. The number of piperidine rings is 2. The molecule has 0 saturated carbocycles. The number of likely N-dealkylation sites (tertiary alicyclic amines) is 2. The molecule has 4 aliphatic rings. The molecule has 4 heterocycles. The summed E-state index contributed by atoms with van der Waals surface area (Å²) < 4.78 is 1.50. The number of halogens is 2. The number of fused-ring (bicyclic) bond motifs is 1. The van der Waals surface area contributed by atoms with Crippen LogP contribution < -0.4 is 21.7 Å². The SMILES string of the molecule is Nc1c(Br)cc(C[C@@H](NC(=O)N2CCC(N3Cc4ccccc4NC3=O)CC2)C(=O)N2CCC(C3CCCCCN3)CC2)cc1Br. The van der Waals surface area contributed by atoms with Crippen molar-refractivity contribution in [3.8, 4) is 0 Å². The molecule has 12 heteroatoms.